The first kappa shape index (κ1) is 20.1. The Balaban J connectivity index is 1.80. The standard InChI is InChI=1S/C14H22N5O7P/c1-3-8(27(22,23)24)25-4-7-10(20)11(21)14(26-7)19-5-16-9-12(15)17-6(2)18-13(9)19/h5,7-8,10-11,14,20-21H,3-4H2,1-2H3,(H2,15,17,18)(H2,22,23,24)/t7-,8-,10-,11-,14-/m0/s1. The van der Waals surface area contributed by atoms with E-state index in [1.54, 1.807) is 13.8 Å². The Morgan fingerprint density at radius 1 is 1.37 bits per heavy atom. The van der Waals surface area contributed by atoms with Crippen molar-refractivity contribution in [3.63, 3.8) is 0 Å². The lowest BCUT2D eigenvalue weighted by atomic mass is 10.1. The molecule has 0 unspecified atom stereocenters. The van der Waals surface area contributed by atoms with Crippen molar-refractivity contribution in [2.75, 3.05) is 12.3 Å². The molecule has 0 bridgehead atoms. The fourth-order valence-electron chi connectivity index (χ4n) is 2.99. The van der Waals surface area contributed by atoms with E-state index in [2.05, 4.69) is 15.0 Å². The van der Waals surface area contributed by atoms with Gasteiger partial charge in [0.25, 0.3) is 0 Å². The van der Waals surface area contributed by atoms with Gasteiger partial charge in [-0.1, -0.05) is 6.92 Å². The number of aliphatic hydroxyl groups is 2. The number of fused-ring (bicyclic) bond motifs is 1. The minimum absolute atomic E-state index is 0.0840. The van der Waals surface area contributed by atoms with Gasteiger partial charge in [0.15, 0.2) is 23.5 Å². The summed E-state index contributed by atoms with van der Waals surface area (Å²) in [6.07, 6.45) is -3.24. The van der Waals surface area contributed by atoms with Crippen LogP contribution >= 0.6 is 7.60 Å². The highest BCUT2D eigenvalue weighted by molar-refractivity contribution is 7.52. The van der Waals surface area contributed by atoms with Gasteiger partial charge in [-0.3, -0.25) is 9.13 Å². The van der Waals surface area contributed by atoms with Crippen molar-refractivity contribution >= 4 is 24.6 Å². The van der Waals surface area contributed by atoms with Crippen molar-refractivity contribution in [1.29, 1.82) is 0 Å². The molecule has 2 aromatic heterocycles. The Kier molecular flexibility index (Phi) is 5.50. The molecule has 150 valence electrons. The first-order valence-electron chi connectivity index (χ1n) is 8.28. The summed E-state index contributed by atoms with van der Waals surface area (Å²) in [5.41, 5.74) is 6.49. The molecule has 0 aromatic carbocycles. The van der Waals surface area contributed by atoms with Gasteiger partial charge >= 0.3 is 7.60 Å². The van der Waals surface area contributed by atoms with Crippen LogP contribution in [0.2, 0.25) is 0 Å². The molecule has 1 fully saturated rings. The van der Waals surface area contributed by atoms with E-state index in [4.69, 9.17) is 15.2 Å². The van der Waals surface area contributed by atoms with Crippen molar-refractivity contribution in [3.8, 4) is 0 Å². The topological polar surface area (TPSA) is 186 Å². The summed E-state index contributed by atoms with van der Waals surface area (Å²) in [4.78, 5) is 30.9. The molecule has 0 saturated carbocycles. The number of hydrogen-bond donors (Lipinski definition) is 5. The molecule has 1 aliphatic heterocycles. The molecule has 12 nitrogen and oxygen atoms in total. The first-order chi connectivity index (χ1) is 12.6. The highest BCUT2D eigenvalue weighted by atomic mass is 31.2. The zero-order valence-electron chi connectivity index (χ0n) is 14.7. The fourth-order valence-corrected chi connectivity index (χ4v) is 3.75. The molecule has 6 N–H and O–H groups in total. The maximum atomic E-state index is 11.4. The number of nitrogen functional groups attached to an aromatic ring is 1. The number of nitrogens with zero attached hydrogens (tertiary/aromatic N) is 4. The molecule has 0 aliphatic carbocycles. The van der Waals surface area contributed by atoms with E-state index in [9.17, 15) is 24.6 Å². The number of aryl methyl sites for hydroxylation is 1. The maximum Gasteiger partial charge on any atom is 0.354 e. The highest BCUT2D eigenvalue weighted by Gasteiger charge is 2.45. The summed E-state index contributed by atoms with van der Waals surface area (Å²) < 4.78 is 23.7. The van der Waals surface area contributed by atoms with Gasteiger partial charge in [0.2, 0.25) is 0 Å². The number of anilines is 1. The average molecular weight is 403 g/mol. The summed E-state index contributed by atoms with van der Waals surface area (Å²) in [5, 5.41) is 20.6. The lowest BCUT2D eigenvalue weighted by Crippen LogP contribution is -2.34. The van der Waals surface area contributed by atoms with Crippen LogP contribution in [0.15, 0.2) is 6.33 Å². The van der Waals surface area contributed by atoms with Crippen LogP contribution in [0.4, 0.5) is 5.82 Å². The Morgan fingerprint density at radius 3 is 2.70 bits per heavy atom. The van der Waals surface area contributed by atoms with E-state index in [-0.39, 0.29) is 18.8 Å². The minimum Gasteiger partial charge on any atom is -0.387 e. The van der Waals surface area contributed by atoms with Gasteiger partial charge in [-0.05, 0) is 13.3 Å². The molecular weight excluding hydrogens is 381 g/mol. The Bertz CT molecular complexity index is 871. The molecule has 3 heterocycles. The van der Waals surface area contributed by atoms with E-state index in [1.165, 1.54) is 10.9 Å². The molecule has 0 amide bonds. The van der Waals surface area contributed by atoms with Crippen LogP contribution in [0.1, 0.15) is 25.4 Å². The predicted molar refractivity (Wildman–Crippen MR) is 92.5 cm³/mol. The highest BCUT2D eigenvalue weighted by Crippen LogP contribution is 2.44. The molecule has 0 spiro atoms. The van der Waals surface area contributed by atoms with Gasteiger partial charge in [-0.15, -0.1) is 0 Å². The number of ether oxygens (including phenoxy) is 2. The molecule has 5 atom stereocenters. The van der Waals surface area contributed by atoms with Crippen molar-refractivity contribution in [3.05, 3.63) is 12.2 Å². The lowest BCUT2D eigenvalue weighted by Gasteiger charge is -2.21. The Labute approximate surface area is 154 Å². The fraction of sp³-hybridized carbons (Fsp3) is 0.643. The predicted octanol–water partition coefficient (Wildman–Crippen LogP) is -0.733. The second-order valence-corrected chi connectivity index (χ2v) is 8.07. The van der Waals surface area contributed by atoms with Crippen LogP contribution < -0.4 is 5.73 Å². The van der Waals surface area contributed by atoms with E-state index < -0.39 is 38.0 Å². The molecule has 1 aliphatic rings. The number of nitrogens with two attached hydrogens (primary N) is 1. The van der Waals surface area contributed by atoms with Crippen molar-refractivity contribution in [2.24, 2.45) is 0 Å². The van der Waals surface area contributed by atoms with Crippen molar-refractivity contribution in [2.45, 2.75) is 50.7 Å². The van der Waals surface area contributed by atoms with Crippen LogP contribution in [-0.4, -0.2) is 70.3 Å². The quantitative estimate of drug-likeness (QED) is 0.383. The monoisotopic (exact) mass is 403 g/mol. The second kappa shape index (κ2) is 7.40. The van der Waals surface area contributed by atoms with E-state index in [1.807, 2.05) is 0 Å². The normalized spacial score (nSPS) is 27.3. The van der Waals surface area contributed by atoms with Crippen molar-refractivity contribution < 1.29 is 34.0 Å². The van der Waals surface area contributed by atoms with Crippen LogP contribution in [0.3, 0.4) is 0 Å². The van der Waals surface area contributed by atoms with E-state index in [0.29, 0.717) is 17.0 Å². The molecule has 1 saturated heterocycles. The third kappa shape index (κ3) is 3.83. The zero-order chi connectivity index (χ0) is 19.9. The second-order valence-electron chi connectivity index (χ2n) is 6.31. The largest absolute Gasteiger partial charge is 0.387 e. The number of rotatable bonds is 6. The van der Waals surface area contributed by atoms with Crippen LogP contribution in [0.25, 0.3) is 11.2 Å². The van der Waals surface area contributed by atoms with Crippen molar-refractivity contribution in [1.82, 2.24) is 19.5 Å². The molecular formula is C14H22N5O7P. The maximum absolute atomic E-state index is 11.4. The third-order valence-corrected chi connectivity index (χ3v) is 5.61. The van der Waals surface area contributed by atoms with Gasteiger partial charge in [-0.2, -0.15) is 0 Å². The number of hydrogen-bond acceptors (Lipinski definition) is 9. The summed E-state index contributed by atoms with van der Waals surface area (Å²) in [7, 11) is -4.44. The summed E-state index contributed by atoms with van der Waals surface area (Å²) in [6.45, 7) is 2.91. The molecule has 3 rings (SSSR count). The van der Waals surface area contributed by atoms with Crippen LogP contribution in [0, 0.1) is 6.92 Å². The van der Waals surface area contributed by atoms with Gasteiger partial charge in [0, 0.05) is 0 Å². The number of imidazole rings is 1. The summed E-state index contributed by atoms with van der Waals surface area (Å²) >= 11 is 0. The number of aliphatic hydroxyl groups excluding tert-OH is 2. The Morgan fingerprint density at radius 2 is 2.07 bits per heavy atom. The number of aromatic nitrogens is 4. The summed E-state index contributed by atoms with van der Waals surface area (Å²) in [5.74, 6) is -0.729. The van der Waals surface area contributed by atoms with Crippen LogP contribution in [-0.2, 0) is 14.0 Å². The van der Waals surface area contributed by atoms with E-state index >= 15 is 0 Å². The van der Waals surface area contributed by atoms with Gasteiger partial charge < -0.3 is 35.2 Å². The molecule has 13 heteroatoms. The lowest BCUT2D eigenvalue weighted by molar-refractivity contribution is -0.0726. The molecule has 2 aromatic rings. The molecule has 0 radical (unpaired) electrons. The first-order valence-corrected chi connectivity index (χ1v) is 9.96. The van der Waals surface area contributed by atoms with Gasteiger partial charge in [-0.25, -0.2) is 15.0 Å². The van der Waals surface area contributed by atoms with Gasteiger partial charge in [0.05, 0.1) is 12.9 Å². The Hall–Kier alpha value is -1.66. The molecule has 27 heavy (non-hydrogen) atoms. The van der Waals surface area contributed by atoms with Crippen LogP contribution in [0.5, 0.6) is 0 Å². The van der Waals surface area contributed by atoms with Gasteiger partial charge in [0.1, 0.15) is 29.7 Å². The average Bonchev–Trinajstić information content (AvgIpc) is 3.10. The minimum atomic E-state index is -4.44. The summed E-state index contributed by atoms with van der Waals surface area (Å²) in [6, 6.07) is 0. The third-order valence-electron chi connectivity index (χ3n) is 4.35. The smallest absolute Gasteiger partial charge is 0.354 e. The SMILES string of the molecule is CC[C@@H](OC[C@@H]1O[C@H](n2cnc3c(N)nc(C)nc32)[C@@H](O)[C@H]1O)P(=O)(O)O. The van der Waals surface area contributed by atoms with E-state index in [0.717, 1.165) is 0 Å². The zero-order valence-corrected chi connectivity index (χ0v) is 15.6.